The van der Waals surface area contributed by atoms with Crippen molar-refractivity contribution in [3.05, 3.63) is 35.4 Å². The number of hydrogen-bond donors (Lipinski definition) is 1. The second kappa shape index (κ2) is 6.44. The van der Waals surface area contributed by atoms with E-state index in [-0.39, 0.29) is 18.0 Å². The lowest BCUT2D eigenvalue weighted by atomic mass is 10.1. The Hall–Kier alpha value is -1.00. The van der Waals surface area contributed by atoms with Crippen LogP contribution < -0.4 is 0 Å². The molecule has 0 bridgehead atoms. The predicted molar refractivity (Wildman–Crippen MR) is 76.8 cm³/mol. The van der Waals surface area contributed by atoms with Gasteiger partial charge in [0.25, 0.3) is 0 Å². The summed E-state index contributed by atoms with van der Waals surface area (Å²) < 4.78 is 4.74. The van der Waals surface area contributed by atoms with Gasteiger partial charge in [0.1, 0.15) is 0 Å². The number of methoxy groups -OCH3 is 1. The maximum Gasteiger partial charge on any atom is 0.306 e. The SMILES string of the molecule is COC(=O)CC1(CSCc2ccc(CO)cc2)CC1. The Morgan fingerprint density at radius 2 is 1.95 bits per heavy atom. The molecule has 104 valence electrons. The molecule has 1 aliphatic carbocycles. The summed E-state index contributed by atoms with van der Waals surface area (Å²) in [5.41, 5.74) is 2.40. The third kappa shape index (κ3) is 4.25. The van der Waals surface area contributed by atoms with E-state index in [0.29, 0.717) is 6.42 Å². The molecule has 1 aliphatic rings. The van der Waals surface area contributed by atoms with Gasteiger partial charge in [0.2, 0.25) is 0 Å². The zero-order valence-corrected chi connectivity index (χ0v) is 12.0. The molecule has 3 nitrogen and oxygen atoms in total. The molecule has 1 N–H and O–H groups in total. The summed E-state index contributed by atoms with van der Waals surface area (Å²) >= 11 is 1.87. The van der Waals surface area contributed by atoms with E-state index in [1.807, 2.05) is 23.9 Å². The molecule has 0 aromatic heterocycles. The fourth-order valence-corrected chi connectivity index (χ4v) is 3.41. The van der Waals surface area contributed by atoms with Crippen LogP contribution in [0, 0.1) is 5.41 Å². The summed E-state index contributed by atoms with van der Waals surface area (Å²) in [5, 5.41) is 8.98. The normalized spacial score (nSPS) is 16.1. The van der Waals surface area contributed by atoms with Crippen LogP contribution in [0.4, 0.5) is 0 Å². The summed E-state index contributed by atoms with van der Waals surface area (Å²) in [6.07, 6.45) is 2.83. The molecule has 1 aromatic carbocycles. The molecular weight excluding hydrogens is 260 g/mol. The van der Waals surface area contributed by atoms with Gasteiger partial charge in [-0.15, -0.1) is 0 Å². The van der Waals surface area contributed by atoms with E-state index in [1.54, 1.807) is 0 Å². The molecule has 1 aromatic rings. The number of rotatable bonds is 7. The first-order valence-electron chi connectivity index (χ1n) is 6.51. The summed E-state index contributed by atoms with van der Waals surface area (Å²) in [6.45, 7) is 0.0929. The summed E-state index contributed by atoms with van der Waals surface area (Å²) in [5.74, 6) is 1.88. The molecule has 0 spiro atoms. The van der Waals surface area contributed by atoms with Crippen molar-refractivity contribution >= 4 is 17.7 Å². The third-order valence-electron chi connectivity index (χ3n) is 3.59. The van der Waals surface area contributed by atoms with Crippen LogP contribution >= 0.6 is 11.8 Å². The number of thioether (sulfide) groups is 1. The molecule has 0 saturated heterocycles. The van der Waals surface area contributed by atoms with Crippen LogP contribution in [-0.4, -0.2) is 23.9 Å². The van der Waals surface area contributed by atoms with E-state index in [4.69, 9.17) is 9.84 Å². The zero-order chi connectivity index (χ0) is 13.7. The van der Waals surface area contributed by atoms with E-state index in [1.165, 1.54) is 12.7 Å². The standard InChI is InChI=1S/C15H20O3S/c1-18-14(17)8-15(6-7-15)11-19-10-13-4-2-12(9-16)3-5-13/h2-5,16H,6-11H2,1H3. The van der Waals surface area contributed by atoms with Crippen molar-refractivity contribution in [3.63, 3.8) is 0 Å². The lowest BCUT2D eigenvalue weighted by Gasteiger charge is -2.13. The third-order valence-corrected chi connectivity index (χ3v) is 4.94. The van der Waals surface area contributed by atoms with E-state index >= 15 is 0 Å². The molecule has 19 heavy (non-hydrogen) atoms. The average Bonchev–Trinajstić information content (AvgIpc) is 3.19. The molecule has 0 amide bonds. The number of ether oxygens (including phenoxy) is 1. The van der Waals surface area contributed by atoms with Crippen LogP contribution in [-0.2, 0) is 21.9 Å². The van der Waals surface area contributed by atoms with Gasteiger partial charge in [-0.3, -0.25) is 4.79 Å². The first-order valence-corrected chi connectivity index (χ1v) is 7.66. The number of carbonyl (C=O) groups is 1. The monoisotopic (exact) mass is 280 g/mol. The van der Waals surface area contributed by atoms with Crippen LogP contribution in [0.1, 0.15) is 30.4 Å². The maximum absolute atomic E-state index is 11.3. The molecule has 1 fully saturated rings. The van der Waals surface area contributed by atoms with Crippen LogP contribution in [0.3, 0.4) is 0 Å². The fourth-order valence-electron chi connectivity index (χ4n) is 2.05. The summed E-state index contributed by atoms with van der Waals surface area (Å²) in [4.78, 5) is 11.3. The van der Waals surface area contributed by atoms with E-state index in [2.05, 4.69) is 12.1 Å². The molecule has 1 saturated carbocycles. The lowest BCUT2D eigenvalue weighted by molar-refractivity contribution is -0.141. The second-order valence-electron chi connectivity index (χ2n) is 5.22. The smallest absolute Gasteiger partial charge is 0.306 e. The van der Waals surface area contributed by atoms with Gasteiger partial charge in [-0.1, -0.05) is 24.3 Å². The van der Waals surface area contributed by atoms with Crippen LogP contribution in [0.2, 0.25) is 0 Å². The molecule has 4 heteroatoms. The highest BCUT2D eigenvalue weighted by atomic mass is 32.2. The van der Waals surface area contributed by atoms with Crippen molar-refractivity contribution in [2.45, 2.75) is 31.6 Å². The van der Waals surface area contributed by atoms with Gasteiger partial charge in [0.15, 0.2) is 0 Å². The van der Waals surface area contributed by atoms with Gasteiger partial charge in [-0.25, -0.2) is 0 Å². The van der Waals surface area contributed by atoms with Crippen molar-refractivity contribution in [1.82, 2.24) is 0 Å². The minimum absolute atomic E-state index is 0.0922. The quantitative estimate of drug-likeness (QED) is 0.780. The Balaban J connectivity index is 1.75. The highest BCUT2D eigenvalue weighted by molar-refractivity contribution is 7.98. The van der Waals surface area contributed by atoms with Crippen molar-refractivity contribution in [2.75, 3.05) is 12.9 Å². The minimum atomic E-state index is -0.0922. The topological polar surface area (TPSA) is 46.5 Å². The van der Waals surface area contributed by atoms with Crippen molar-refractivity contribution in [1.29, 1.82) is 0 Å². The summed E-state index contributed by atoms with van der Waals surface area (Å²) in [7, 11) is 1.45. The predicted octanol–water partition coefficient (Wildman–Crippen LogP) is 2.76. The fraction of sp³-hybridized carbons (Fsp3) is 0.533. The van der Waals surface area contributed by atoms with Crippen LogP contribution in [0.25, 0.3) is 0 Å². The molecule has 0 radical (unpaired) electrons. The van der Waals surface area contributed by atoms with Gasteiger partial charge in [0, 0.05) is 5.75 Å². The Morgan fingerprint density at radius 3 is 2.47 bits per heavy atom. The maximum atomic E-state index is 11.3. The Morgan fingerprint density at radius 1 is 1.32 bits per heavy atom. The van der Waals surface area contributed by atoms with E-state index < -0.39 is 0 Å². The van der Waals surface area contributed by atoms with Crippen LogP contribution in [0.5, 0.6) is 0 Å². The van der Waals surface area contributed by atoms with Gasteiger partial charge in [-0.2, -0.15) is 11.8 Å². The number of benzene rings is 1. The largest absolute Gasteiger partial charge is 0.469 e. The molecular formula is C15H20O3S. The Bertz CT molecular complexity index is 424. The number of carbonyl (C=O) groups excluding carboxylic acids is 1. The van der Waals surface area contributed by atoms with Crippen LogP contribution in [0.15, 0.2) is 24.3 Å². The number of aliphatic hydroxyl groups excluding tert-OH is 1. The zero-order valence-electron chi connectivity index (χ0n) is 11.2. The van der Waals surface area contributed by atoms with E-state index in [9.17, 15) is 4.79 Å². The summed E-state index contributed by atoms with van der Waals surface area (Å²) in [6, 6.07) is 8.02. The molecule has 0 atom stereocenters. The molecule has 0 unspecified atom stereocenters. The number of esters is 1. The Labute approximate surface area is 118 Å². The van der Waals surface area contributed by atoms with Gasteiger partial charge < -0.3 is 9.84 Å². The first-order chi connectivity index (χ1) is 9.17. The minimum Gasteiger partial charge on any atom is -0.469 e. The first kappa shape index (κ1) is 14.4. The van der Waals surface area contributed by atoms with Gasteiger partial charge >= 0.3 is 5.97 Å². The lowest BCUT2D eigenvalue weighted by Crippen LogP contribution is -2.13. The highest BCUT2D eigenvalue weighted by Gasteiger charge is 2.44. The van der Waals surface area contributed by atoms with Gasteiger partial charge in [0.05, 0.1) is 20.1 Å². The highest BCUT2D eigenvalue weighted by Crippen LogP contribution is 2.51. The van der Waals surface area contributed by atoms with Gasteiger partial charge in [-0.05, 0) is 35.1 Å². The molecule has 0 aliphatic heterocycles. The number of aliphatic hydroxyl groups is 1. The number of hydrogen-bond acceptors (Lipinski definition) is 4. The second-order valence-corrected chi connectivity index (χ2v) is 6.21. The van der Waals surface area contributed by atoms with Crippen molar-refractivity contribution < 1.29 is 14.6 Å². The van der Waals surface area contributed by atoms with Crippen molar-refractivity contribution in [2.24, 2.45) is 5.41 Å². The molecule has 2 rings (SSSR count). The van der Waals surface area contributed by atoms with E-state index in [0.717, 1.165) is 29.9 Å². The molecule has 0 heterocycles. The Kier molecular flexibility index (Phi) is 4.88. The van der Waals surface area contributed by atoms with Crippen molar-refractivity contribution in [3.8, 4) is 0 Å². The average molecular weight is 280 g/mol.